The second-order valence-corrected chi connectivity index (χ2v) is 1.11. The molecule has 0 heterocycles. The highest BCUT2D eigenvalue weighted by Gasteiger charge is 1.62. The van der Waals surface area contributed by atoms with Crippen molar-refractivity contribution in [2.75, 3.05) is 13.7 Å². The Kier molecular flexibility index (Phi) is 5.07. The highest BCUT2D eigenvalue weighted by atomic mass is 16.5. The fraction of sp³-hybridized carbons (Fsp3) is 0.500. The molecular weight excluding hydrogens is 88.1 g/mol. The summed E-state index contributed by atoms with van der Waals surface area (Å²) in [6, 6.07) is 0. The van der Waals surface area contributed by atoms with E-state index >= 15 is 0 Å². The average molecular weight is 98.1 g/mol. The maximum Gasteiger partial charge on any atom is 0.0717 e. The fourth-order valence-electron chi connectivity index (χ4n) is 0.249. The van der Waals surface area contributed by atoms with E-state index < -0.39 is 0 Å². The quantitative estimate of drug-likeness (QED) is 0.474. The molecule has 0 saturated carbocycles. The molecule has 0 N–H and O–H groups in total. The molecule has 1 nitrogen and oxygen atoms in total. The van der Waals surface area contributed by atoms with Gasteiger partial charge in [-0.15, -0.1) is 5.73 Å². The van der Waals surface area contributed by atoms with Gasteiger partial charge in [0.1, 0.15) is 0 Å². The van der Waals surface area contributed by atoms with E-state index in [0.29, 0.717) is 6.61 Å². The maximum atomic E-state index is 4.71. The van der Waals surface area contributed by atoms with Crippen LogP contribution in [0.4, 0.5) is 0 Å². The minimum absolute atomic E-state index is 0.657. The molecule has 0 aromatic heterocycles. The Balaban J connectivity index is 3.10. The van der Waals surface area contributed by atoms with Crippen LogP contribution in [0.1, 0.15) is 6.92 Å². The highest BCUT2D eigenvalue weighted by Crippen LogP contribution is 1.67. The predicted octanol–water partition coefficient (Wildman–Crippen LogP) is 1.36. The largest absolute Gasteiger partial charge is 0.380 e. The molecule has 0 aliphatic carbocycles. The van der Waals surface area contributed by atoms with Crippen molar-refractivity contribution in [2.45, 2.75) is 6.92 Å². The maximum absolute atomic E-state index is 4.71. The molecular formula is C6H10O. The van der Waals surface area contributed by atoms with Gasteiger partial charge in [-0.25, -0.2) is 0 Å². The van der Waals surface area contributed by atoms with E-state index in [2.05, 4.69) is 5.73 Å². The van der Waals surface area contributed by atoms with E-state index in [4.69, 9.17) is 4.74 Å². The first-order valence-electron chi connectivity index (χ1n) is 2.26. The van der Waals surface area contributed by atoms with Crippen LogP contribution >= 0.6 is 0 Å². The minimum Gasteiger partial charge on any atom is -0.380 e. The number of hydrogen-bond donors (Lipinski definition) is 0. The normalized spacial score (nSPS) is 7.14. The van der Waals surface area contributed by atoms with Crippen LogP contribution in [0.5, 0.6) is 0 Å². The van der Waals surface area contributed by atoms with Crippen LogP contribution in [0.25, 0.3) is 0 Å². The molecule has 0 rings (SSSR count). The summed E-state index contributed by atoms with van der Waals surface area (Å²) in [4.78, 5) is 0. The van der Waals surface area contributed by atoms with Crippen LogP contribution in [-0.4, -0.2) is 13.7 Å². The molecule has 0 fully saturated rings. The summed E-state index contributed by atoms with van der Waals surface area (Å²) >= 11 is 0. The molecule has 40 valence electrons. The van der Waals surface area contributed by atoms with E-state index in [0.717, 1.165) is 0 Å². The molecule has 7 heavy (non-hydrogen) atoms. The summed E-state index contributed by atoms with van der Waals surface area (Å²) in [6.07, 6.45) is 3.68. The molecule has 0 saturated heterocycles. The zero-order valence-electron chi connectivity index (χ0n) is 4.77. The monoisotopic (exact) mass is 98.1 g/mol. The summed E-state index contributed by atoms with van der Waals surface area (Å²) in [5, 5.41) is 0. The third kappa shape index (κ3) is 5.48. The molecule has 0 radical (unpaired) electrons. The van der Waals surface area contributed by atoms with Gasteiger partial charge in [0.05, 0.1) is 6.61 Å². The van der Waals surface area contributed by atoms with E-state index in [1.54, 1.807) is 7.11 Å². The lowest BCUT2D eigenvalue weighted by atomic mass is 10.6. The zero-order valence-corrected chi connectivity index (χ0v) is 4.77. The lowest BCUT2D eigenvalue weighted by Gasteiger charge is -1.80. The van der Waals surface area contributed by atoms with Crippen LogP contribution in [0.2, 0.25) is 0 Å². The zero-order chi connectivity index (χ0) is 5.54. The first-order valence-corrected chi connectivity index (χ1v) is 2.26. The molecule has 0 aliphatic heterocycles. The van der Waals surface area contributed by atoms with Gasteiger partial charge in [0.25, 0.3) is 0 Å². The number of ether oxygens (including phenoxy) is 1. The Labute approximate surface area is 44.3 Å². The van der Waals surface area contributed by atoms with Crippen molar-refractivity contribution >= 4 is 0 Å². The van der Waals surface area contributed by atoms with Crippen LogP contribution < -0.4 is 0 Å². The van der Waals surface area contributed by atoms with Gasteiger partial charge in [-0.05, 0) is 19.1 Å². The van der Waals surface area contributed by atoms with Crippen LogP contribution in [0.15, 0.2) is 17.9 Å². The second-order valence-electron chi connectivity index (χ2n) is 1.11. The smallest absolute Gasteiger partial charge is 0.0717 e. The van der Waals surface area contributed by atoms with E-state index in [-0.39, 0.29) is 0 Å². The number of methoxy groups -OCH3 is 1. The highest BCUT2D eigenvalue weighted by molar-refractivity contribution is 4.80. The van der Waals surface area contributed by atoms with Gasteiger partial charge in [0, 0.05) is 7.11 Å². The van der Waals surface area contributed by atoms with Crippen molar-refractivity contribution in [1.29, 1.82) is 0 Å². The predicted molar refractivity (Wildman–Crippen MR) is 30.2 cm³/mol. The number of rotatable bonds is 2. The van der Waals surface area contributed by atoms with Gasteiger partial charge in [-0.1, -0.05) is 0 Å². The fourth-order valence-corrected chi connectivity index (χ4v) is 0.249. The topological polar surface area (TPSA) is 9.23 Å². The average Bonchev–Trinajstić information content (AvgIpc) is 1.69. The van der Waals surface area contributed by atoms with Crippen molar-refractivity contribution in [2.24, 2.45) is 0 Å². The van der Waals surface area contributed by atoms with Gasteiger partial charge >= 0.3 is 0 Å². The van der Waals surface area contributed by atoms with E-state index in [9.17, 15) is 0 Å². The first-order chi connectivity index (χ1) is 3.41. The van der Waals surface area contributed by atoms with Crippen molar-refractivity contribution < 1.29 is 4.74 Å². The standard InChI is InChI=1S/C6H10O/c1-3-4-5-6-7-2/h3,5H,6H2,1-2H3. The Morgan fingerprint density at radius 2 is 2.43 bits per heavy atom. The van der Waals surface area contributed by atoms with Crippen molar-refractivity contribution in [3.63, 3.8) is 0 Å². The molecule has 0 aromatic carbocycles. The Bertz CT molecular complexity index is 78.2. The molecule has 0 amide bonds. The second kappa shape index (κ2) is 5.48. The van der Waals surface area contributed by atoms with Gasteiger partial charge in [-0.3, -0.25) is 0 Å². The van der Waals surface area contributed by atoms with Crippen LogP contribution in [-0.2, 0) is 4.74 Å². The van der Waals surface area contributed by atoms with Crippen molar-refractivity contribution in [1.82, 2.24) is 0 Å². The summed E-state index contributed by atoms with van der Waals surface area (Å²) in [5.74, 6) is 0. The molecule has 1 heteroatoms. The van der Waals surface area contributed by atoms with Gasteiger partial charge in [-0.2, -0.15) is 0 Å². The van der Waals surface area contributed by atoms with Gasteiger partial charge in [0.15, 0.2) is 0 Å². The summed E-state index contributed by atoms with van der Waals surface area (Å²) in [7, 11) is 1.66. The minimum atomic E-state index is 0.657. The van der Waals surface area contributed by atoms with Crippen LogP contribution in [0.3, 0.4) is 0 Å². The molecule has 0 bridgehead atoms. The molecule has 0 unspecified atom stereocenters. The Morgan fingerprint density at radius 1 is 1.71 bits per heavy atom. The first kappa shape index (κ1) is 6.48. The Morgan fingerprint density at radius 3 is 2.86 bits per heavy atom. The SMILES string of the molecule is CC=C=CCOC. The molecule has 0 aliphatic rings. The summed E-state index contributed by atoms with van der Waals surface area (Å²) < 4.78 is 4.71. The summed E-state index contributed by atoms with van der Waals surface area (Å²) in [5.41, 5.74) is 2.87. The van der Waals surface area contributed by atoms with Gasteiger partial charge in [0.2, 0.25) is 0 Å². The van der Waals surface area contributed by atoms with Crippen molar-refractivity contribution in [3.8, 4) is 0 Å². The van der Waals surface area contributed by atoms with Crippen LogP contribution in [0, 0.1) is 0 Å². The number of hydrogen-bond acceptors (Lipinski definition) is 1. The third-order valence-corrected chi connectivity index (χ3v) is 0.535. The molecule has 0 spiro atoms. The third-order valence-electron chi connectivity index (χ3n) is 0.535. The van der Waals surface area contributed by atoms with Gasteiger partial charge < -0.3 is 4.74 Å². The lowest BCUT2D eigenvalue weighted by Crippen LogP contribution is -1.77. The summed E-state index contributed by atoms with van der Waals surface area (Å²) in [6.45, 7) is 2.58. The van der Waals surface area contributed by atoms with E-state index in [1.807, 2.05) is 19.1 Å². The lowest BCUT2D eigenvalue weighted by molar-refractivity contribution is 0.234. The van der Waals surface area contributed by atoms with E-state index in [1.165, 1.54) is 0 Å². The Hall–Kier alpha value is -0.520. The molecule has 0 aromatic rings. The molecule has 0 atom stereocenters. The van der Waals surface area contributed by atoms with Crippen molar-refractivity contribution in [3.05, 3.63) is 17.9 Å².